The number of nitrogens with zero attached hydrogens (tertiary/aromatic N) is 3. The molecule has 2 aliphatic rings. The van der Waals surface area contributed by atoms with Crippen LogP contribution in [-0.2, 0) is 6.18 Å². The van der Waals surface area contributed by atoms with Gasteiger partial charge in [0.2, 0.25) is 11.9 Å². The van der Waals surface area contributed by atoms with Gasteiger partial charge in [0.25, 0.3) is 0 Å². The highest BCUT2D eigenvalue weighted by Gasteiger charge is 2.43. The minimum Gasteiger partial charge on any atom is -0.451 e. The zero-order valence-electron chi connectivity index (χ0n) is 17.1. The van der Waals surface area contributed by atoms with E-state index in [0.717, 1.165) is 19.3 Å². The lowest BCUT2D eigenvalue weighted by atomic mass is 9.87. The summed E-state index contributed by atoms with van der Waals surface area (Å²) in [5.74, 6) is -3.79. The zero-order valence-corrected chi connectivity index (χ0v) is 18.7. The molecule has 6 nitrogen and oxygen atoms in total. The molecule has 1 spiro atoms. The minimum atomic E-state index is -4.90. The third kappa shape index (κ3) is 4.61. The van der Waals surface area contributed by atoms with Crippen molar-refractivity contribution in [2.75, 3.05) is 4.90 Å². The van der Waals surface area contributed by atoms with Gasteiger partial charge in [0.05, 0.1) is 11.3 Å². The second kappa shape index (κ2) is 8.47. The molecule has 0 saturated heterocycles. The van der Waals surface area contributed by atoms with Gasteiger partial charge in [0.15, 0.2) is 17.4 Å². The Morgan fingerprint density at radius 1 is 0.970 bits per heavy atom. The average molecular weight is 532 g/mol. The standard InChI is InChI=1S/C21H19BrF5N5O/c22-12-8-13(32-19(29)30-18(28)31-20(32)4-2-1-3-5-20)10-14(9-12)33-17-15(23)6-11(7-16(17)24)21(25,26)27/h6-10H,1-5H2,(H4,28,29,30,31). The fourth-order valence-electron chi connectivity index (χ4n) is 4.17. The van der Waals surface area contributed by atoms with Gasteiger partial charge in [-0.1, -0.05) is 22.4 Å². The normalized spacial score (nSPS) is 18.2. The molecule has 0 atom stereocenters. The molecule has 1 fully saturated rings. The van der Waals surface area contributed by atoms with Crippen LogP contribution in [0.15, 0.2) is 44.8 Å². The fraction of sp³-hybridized carbons (Fsp3) is 0.333. The second-order valence-electron chi connectivity index (χ2n) is 7.83. The number of alkyl halides is 3. The van der Waals surface area contributed by atoms with Crippen LogP contribution < -0.4 is 21.1 Å². The third-order valence-electron chi connectivity index (χ3n) is 5.51. The average Bonchev–Trinajstić information content (AvgIpc) is 2.69. The van der Waals surface area contributed by atoms with E-state index in [-0.39, 0.29) is 29.8 Å². The summed E-state index contributed by atoms with van der Waals surface area (Å²) in [7, 11) is 0. The van der Waals surface area contributed by atoms with Gasteiger partial charge in [-0.2, -0.15) is 18.2 Å². The van der Waals surface area contributed by atoms with Gasteiger partial charge in [-0.15, -0.1) is 0 Å². The highest BCUT2D eigenvalue weighted by Crippen LogP contribution is 2.42. The second-order valence-corrected chi connectivity index (χ2v) is 8.75. The smallest absolute Gasteiger partial charge is 0.416 e. The maximum Gasteiger partial charge on any atom is 0.416 e. The van der Waals surface area contributed by atoms with Gasteiger partial charge in [0, 0.05) is 10.5 Å². The van der Waals surface area contributed by atoms with Gasteiger partial charge < -0.3 is 16.2 Å². The van der Waals surface area contributed by atoms with E-state index in [0.29, 0.717) is 23.0 Å². The Morgan fingerprint density at radius 2 is 1.61 bits per heavy atom. The third-order valence-corrected chi connectivity index (χ3v) is 5.97. The zero-order chi connectivity index (χ0) is 24.0. The number of nitrogens with two attached hydrogens (primary N) is 2. The minimum absolute atomic E-state index is 0.0294. The Kier molecular flexibility index (Phi) is 5.97. The van der Waals surface area contributed by atoms with Crippen LogP contribution in [0.5, 0.6) is 11.5 Å². The Morgan fingerprint density at radius 3 is 2.21 bits per heavy atom. The van der Waals surface area contributed by atoms with Crippen LogP contribution in [0.4, 0.5) is 27.6 Å². The van der Waals surface area contributed by atoms with Crippen LogP contribution >= 0.6 is 15.9 Å². The molecule has 1 aliphatic heterocycles. The van der Waals surface area contributed by atoms with Crippen molar-refractivity contribution in [3.8, 4) is 11.5 Å². The summed E-state index contributed by atoms with van der Waals surface area (Å²) >= 11 is 3.33. The van der Waals surface area contributed by atoms with E-state index in [9.17, 15) is 22.0 Å². The number of halogens is 6. The van der Waals surface area contributed by atoms with Gasteiger partial charge in [-0.05, 0) is 49.9 Å². The number of hydrogen-bond acceptors (Lipinski definition) is 6. The number of guanidine groups is 2. The van der Waals surface area contributed by atoms with Crippen molar-refractivity contribution >= 4 is 33.5 Å². The molecule has 0 radical (unpaired) electrons. The van der Waals surface area contributed by atoms with E-state index >= 15 is 0 Å². The number of rotatable bonds is 3. The Labute approximate surface area is 194 Å². The first-order valence-corrected chi connectivity index (χ1v) is 10.8. The Hall–Kier alpha value is -2.89. The van der Waals surface area contributed by atoms with Gasteiger partial charge in [0.1, 0.15) is 11.4 Å². The SMILES string of the molecule is NC1=NC2(CCCCC2)N(c2cc(Br)cc(Oc3c(F)cc(C(F)(F)F)cc3F)c2)C(N)=N1. The van der Waals surface area contributed by atoms with Gasteiger partial charge in [-0.3, -0.25) is 4.90 Å². The largest absolute Gasteiger partial charge is 0.451 e. The summed E-state index contributed by atoms with van der Waals surface area (Å²) in [5.41, 5.74) is 10.3. The summed E-state index contributed by atoms with van der Waals surface area (Å²) in [4.78, 5) is 10.3. The van der Waals surface area contributed by atoms with Gasteiger partial charge in [-0.25, -0.2) is 13.8 Å². The summed E-state index contributed by atoms with van der Waals surface area (Å²) in [6, 6.07) is 4.93. The lowest BCUT2D eigenvalue weighted by Gasteiger charge is -2.45. The molecule has 4 rings (SSSR count). The van der Waals surface area contributed by atoms with E-state index in [1.54, 1.807) is 11.0 Å². The molecule has 2 aromatic carbocycles. The van der Waals surface area contributed by atoms with Crippen LogP contribution in [-0.4, -0.2) is 17.6 Å². The summed E-state index contributed by atoms with van der Waals surface area (Å²) in [6.45, 7) is 0. The number of benzene rings is 2. The summed E-state index contributed by atoms with van der Waals surface area (Å²) < 4.78 is 72.9. The summed E-state index contributed by atoms with van der Waals surface area (Å²) in [6.07, 6.45) is -0.768. The van der Waals surface area contributed by atoms with Crippen molar-refractivity contribution in [1.82, 2.24) is 0 Å². The van der Waals surface area contributed by atoms with Crippen LogP contribution in [0.2, 0.25) is 0 Å². The molecular weight excluding hydrogens is 513 g/mol. The maximum atomic E-state index is 14.3. The number of hydrogen-bond donors (Lipinski definition) is 2. The van der Waals surface area contributed by atoms with Crippen molar-refractivity contribution in [2.45, 2.75) is 43.9 Å². The lowest BCUT2D eigenvalue weighted by Crippen LogP contribution is -2.58. The predicted octanol–water partition coefficient (Wildman–Crippen LogP) is 5.65. The Balaban J connectivity index is 1.73. The molecule has 176 valence electrons. The molecule has 4 N–H and O–H groups in total. The Bertz CT molecular complexity index is 1120. The molecule has 12 heteroatoms. The molecule has 33 heavy (non-hydrogen) atoms. The number of anilines is 1. The van der Waals surface area contributed by atoms with Crippen LogP contribution in [0, 0.1) is 11.6 Å². The van der Waals surface area contributed by atoms with Crippen molar-refractivity contribution in [3.05, 3.63) is 52.0 Å². The number of aliphatic imine (C=N–C) groups is 2. The molecule has 0 bridgehead atoms. The molecular formula is C21H19BrF5N5O. The van der Waals surface area contributed by atoms with Gasteiger partial charge >= 0.3 is 6.18 Å². The first-order valence-electron chi connectivity index (χ1n) is 10.0. The topological polar surface area (TPSA) is 89.2 Å². The maximum absolute atomic E-state index is 14.3. The van der Waals surface area contributed by atoms with E-state index in [1.165, 1.54) is 12.1 Å². The molecule has 2 aromatic rings. The number of ether oxygens (including phenoxy) is 1. The molecule has 1 aliphatic carbocycles. The monoisotopic (exact) mass is 531 g/mol. The molecule has 0 aromatic heterocycles. The molecule has 0 unspecified atom stereocenters. The quantitative estimate of drug-likeness (QED) is 0.501. The van der Waals surface area contributed by atoms with E-state index in [1.807, 2.05) is 0 Å². The lowest BCUT2D eigenvalue weighted by molar-refractivity contribution is -0.138. The molecule has 1 saturated carbocycles. The van der Waals surface area contributed by atoms with Crippen molar-refractivity contribution in [2.24, 2.45) is 21.5 Å². The van der Waals surface area contributed by atoms with Crippen molar-refractivity contribution in [1.29, 1.82) is 0 Å². The molecule has 0 amide bonds. The highest BCUT2D eigenvalue weighted by atomic mass is 79.9. The van der Waals surface area contributed by atoms with E-state index in [2.05, 4.69) is 25.9 Å². The fourth-order valence-corrected chi connectivity index (χ4v) is 4.63. The van der Waals surface area contributed by atoms with Crippen molar-refractivity contribution in [3.63, 3.8) is 0 Å². The van der Waals surface area contributed by atoms with E-state index in [4.69, 9.17) is 16.2 Å². The first-order chi connectivity index (χ1) is 15.5. The van der Waals surface area contributed by atoms with E-state index < -0.39 is 34.8 Å². The highest BCUT2D eigenvalue weighted by molar-refractivity contribution is 9.10. The predicted molar refractivity (Wildman–Crippen MR) is 117 cm³/mol. The van der Waals surface area contributed by atoms with Crippen LogP contribution in [0.25, 0.3) is 0 Å². The van der Waals surface area contributed by atoms with Crippen molar-refractivity contribution < 1.29 is 26.7 Å². The van der Waals surface area contributed by atoms with Crippen LogP contribution in [0.1, 0.15) is 37.7 Å². The van der Waals surface area contributed by atoms with Crippen LogP contribution in [0.3, 0.4) is 0 Å². The first kappa shape index (κ1) is 23.3. The molecule has 1 heterocycles. The summed E-state index contributed by atoms with van der Waals surface area (Å²) in [5, 5.41) is 0.